The molecular weight excluding hydrogens is 646 g/mol. The van der Waals surface area contributed by atoms with Crippen molar-refractivity contribution in [3.63, 3.8) is 0 Å². The quantitative estimate of drug-likeness (QED) is 0.158. The second-order valence-electron chi connectivity index (χ2n) is 17.1. The van der Waals surface area contributed by atoms with E-state index in [2.05, 4.69) is 41.7 Å². The molecule has 0 spiro atoms. The summed E-state index contributed by atoms with van der Waals surface area (Å²) in [6.45, 7) is 20.5. The molecule has 12 nitrogen and oxygen atoms in total. The van der Waals surface area contributed by atoms with E-state index < -0.39 is 73.2 Å². The van der Waals surface area contributed by atoms with Gasteiger partial charge in [0.05, 0.1) is 22.1 Å². The Morgan fingerprint density at radius 1 is 0.980 bits per heavy atom. The van der Waals surface area contributed by atoms with Gasteiger partial charge >= 0.3 is 6.03 Å². The predicted molar refractivity (Wildman–Crippen MR) is 190 cm³/mol. The van der Waals surface area contributed by atoms with Gasteiger partial charge in [-0.15, -0.1) is 6.58 Å². The molecule has 5 atom stereocenters. The second kappa shape index (κ2) is 15.1. The Morgan fingerprint density at radius 3 is 2.12 bits per heavy atom. The molecule has 0 aromatic heterocycles. The number of rotatable bonds is 14. The number of unbranched alkanes of at least 4 members (excludes halogenated alkanes) is 1. The molecule has 2 aliphatic carbocycles. The Bertz CT molecular complexity index is 1390. The van der Waals surface area contributed by atoms with Gasteiger partial charge in [0.1, 0.15) is 12.1 Å². The number of carbonyl (C=O) groups is 5. The van der Waals surface area contributed by atoms with Crippen LogP contribution in [0.4, 0.5) is 4.79 Å². The van der Waals surface area contributed by atoms with E-state index in [-0.39, 0.29) is 36.0 Å². The summed E-state index contributed by atoms with van der Waals surface area (Å²) in [5.41, 5.74) is -1.94. The van der Waals surface area contributed by atoms with Crippen molar-refractivity contribution in [1.29, 1.82) is 0 Å². The number of hydrogen-bond donors (Lipinski definition) is 4. The standard InChI is InChI=1S/C36H61N5O7S/c1-11-13-17-24(27(42)30(44)37-20-12-2)38-29(43)26-25-23(35(25,9)10)21-41(26)31(45)28(33(3,4)5)39-32(46)40-36(18-15-14-16-19-36)22-49(47,48)34(6,7)8/h12,23-26,28H,2,11,13-22H2,1,3-10H3,(H,37,44)(H,38,43)(H2,39,40,46)/t23-,24?,25?,26-,28+/m0/s1. The van der Waals surface area contributed by atoms with Gasteiger partial charge in [-0.05, 0) is 62.7 Å². The number of Topliss-reactive ketones (excluding diaryl/α,β-unsaturated/α-hetero) is 1. The lowest BCUT2D eigenvalue weighted by molar-refractivity contribution is -0.145. The van der Waals surface area contributed by atoms with Crippen molar-refractivity contribution >= 4 is 39.4 Å². The number of amides is 5. The van der Waals surface area contributed by atoms with Gasteiger partial charge in [0, 0.05) is 13.1 Å². The third-order valence-corrected chi connectivity index (χ3v) is 13.6. The fourth-order valence-electron chi connectivity index (χ4n) is 7.49. The van der Waals surface area contributed by atoms with E-state index in [9.17, 15) is 32.4 Å². The summed E-state index contributed by atoms with van der Waals surface area (Å²) >= 11 is 0. The molecule has 2 unspecified atom stereocenters. The van der Waals surface area contributed by atoms with Gasteiger partial charge in [-0.25, -0.2) is 13.2 Å². The summed E-state index contributed by atoms with van der Waals surface area (Å²) in [6.07, 6.45) is 6.64. The molecule has 0 aromatic carbocycles. The first kappa shape index (κ1) is 40.5. The zero-order chi connectivity index (χ0) is 37.2. The van der Waals surface area contributed by atoms with Crippen LogP contribution in [0.25, 0.3) is 0 Å². The van der Waals surface area contributed by atoms with Crippen LogP contribution in [-0.4, -0.2) is 90.1 Å². The number of ketones is 1. The van der Waals surface area contributed by atoms with Crippen molar-refractivity contribution < 1.29 is 32.4 Å². The van der Waals surface area contributed by atoms with E-state index in [1.165, 1.54) is 11.0 Å². The molecule has 4 N–H and O–H groups in total. The Balaban J connectivity index is 1.86. The first-order chi connectivity index (χ1) is 22.5. The molecule has 0 radical (unpaired) electrons. The van der Waals surface area contributed by atoms with E-state index in [0.29, 0.717) is 25.8 Å². The minimum Gasteiger partial charge on any atom is -0.346 e. The molecule has 1 aliphatic heterocycles. The summed E-state index contributed by atoms with van der Waals surface area (Å²) in [5.74, 6) is -2.78. The average Bonchev–Trinajstić information content (AvgIpc) is 3.30. The number of urea groups is 1. The SMILES string of the molecule is C=CCNC(=O)C(=O)C(CCCC)NC(=O)[C@@H]1C2[C@H](CN1C(=O)[C@@H](NC(=O)NC1(CS(=O)(=O)C(C)(C)C)CCCCC1)C(C)(C)C)C2(C)C. The van der Waals surface area contributed by atoms with Gasteiger partial charge in [-0.1, -0.05) is 79.7 Å². The lowest BCUT2D eigenvalue weighted by Gasteiger charge is -2.41. The zero-order valence-electron chi connectivity index (χ0n) is 31.2. The highest BCUT2D eigenvalue weighted by molar-refractivity contribution is 7.92. The van der Waals surface area contributed by atoms with Crippen molar-refractivity contribution in [1.82, 2.24) is 26.2 Å². The van der Waals surface area contributed by atoms with Gasteiger partial charge in [0.25, 0.3) is 5.91 Å². The second-order valence-corrected chi connectivity index (χ2v) is 19.8. The van der Waals surface area contributed by atoms with Crippen LogP contribution in [0.5, 0.6) is 0 Å². The highest BCUT2D eigenvalue weighted by atomic mass is 32.2. The fourth-order valence-corrected chi connectivity index (χ4v) is 9.02. The van der Waals surface area contributed by atoms with Crippen LogP contribution in [0, 0.1) is 22.7 Å². The number of carbonyl (C=O) groups excluding carboxylic acids is 5. The summed E-state index contributed by atoms with van der Waals surface area (Å²) in [5, 5.41) is 11.2. The van der Waals surface area contributed by atoms with E-state index in [1.807, 2.05) is 27.7 Å². The summed E-state index contributed by atoms with van der Waals surface area (Å²) < 4.78 is 25.6. The molecular formula is C36H61N5O7S. The summed E-state index contributed by atoms with van der Waals surface area (Å²) in [6, 6.07) is -3.60. The minimum atomic E-state index is -3.56. The lowest BCUT2D eigenvalue weighted by atomic mass is 9.83. The van der Waals surface area contributed by atoms with Crippen LogP contribution in [0.3, 0.4) is 0 Å². The van der Waals surface area contributed by atoms with E-state index in [1.54, 1.807) is 20.8 Å². The van der Waals surface area contributed by atoms with Crippen LogP contribution in [0.1, 0.15) is 114 Å². The molecule has 49 heavy (non-hydrogen) atoms. The normalized spacial score (nSPS) is 24.1. The van der Waals surface area contributed by atoms with Crippen LogP contribution in [0.15, 0.2) is 12.7 Å². The highest BCUT2D eigenvalue weighted by Crippen LogP contribution is 2.65. The van der Waals surface area contributed by atoms with Crippen molar-refractivity contribution in [3.05, 3.63) is 12.7 Å². The predicted octanol–water partition coefficient (Wildman–Crippen LogP) is 3.65. The van der Waals surface area contributed by atoms with Gasteiger partial charge in [-0.2, -0.15) is 0 Å². The summed E-state index contributed by atoms with van der Waals surface area (Å²) in [7, 11) is -3.56. The lowest BCUT2D eigenvalue weighted by Crippen LogP contribution is -2.64. The largest absolute Gasteiger partial charge is 0.346 e. The fraction of sp³-hybridized carbons (Fsp3) is 0.806. The van der Waals surface area contributed by atoms with Crippen LogP contribution in [-0.2, 0) is 29.0 Å². The number of piperidine rings is 1. The molecule has 2 saturated carbocycles. The van der Waals surface area contributed by atoms with Crippen LogP contribution < -0.4 is 21.3 Å². The number of nitrogens with zero attached hydrogens (tertiary/aromatic N) is 1. The van der Waals surface area contributed by atoms with E-state index in [4.69, 9.17) is 0 Å². The molecule has 1 heterocycles. The van der Waals surface area contributed by atoms with Crippen LogP contribution in [0.2, 0.25) is 0 Å². The number of hydrogen-bond acceptors (Lipinski definition) is 7. The maximum atomic E-state index is 14.4. The molecule has 5 amide bonds. The molecule has 0 bridgehead atoms. The maximum absolute atomic E-state index is 14.4. The monoisotopic (exact) mass is 707 g/mol. The first-order valence-electron chi connectivity index (χ1n) is 17.9. The molecule has 13 heteroatoms. The smallest absolute Gasteiger partial charge is 0.315 e. The van der Waals surface area contributed by atoms with Crippen molar-refractivity contribution in [3.8, 4) is 0 Å². The molecule has 3 fully saturated rings. The molecule has 3 aliphatic rings. The minimum absolute atomic E-state index is 0.0513. The van der Waals surface area contributed by atoms with Gasteiger partial charge in [0.15, 0.2) is 9.84 Å². The Kier molecular flexibility index (Phi) is 12.5. The number of nitrogens with one attached hydrogen (secondary N) is 4. The van der Waals surface area contributed by atoms with Gasteiger partial charge in [0.2, 0.25) is 17.6 Å². The van der Waals surface area contributed by atoms with Gasteiger partial charge < -0.3 is 26.2 Å². The maximum Gasteiger partial charge on any atom is 0.315 e. The number of sulfone groups is 1. The Hall–Kier alpha value is -2.96. The van der Waals surface area contributed by atoms with Crippen molar-refractivity contribution in [2.24, 2.45) is 22.7 Å². The topological polar surface area (TPSA) is 171 Å². The summed E-state index contributed by atoms with van der Waals surface area (Å²) in [4.78, 5) is 69.4. The molecule has 3 rings (SSSR count). The van der Waals surface area contributed by atoms with E-state index in [0.717, 1.165) is 25.7 Å². The van der Waals surface area contributed by atoms with Crippen molar-refractivity contribution in [2.45, 2.75) is 142 Å². The zero-order valence-corrected chi connectivity index (χ0v) is 32.0. The average molecular weight is 708 g/mol. The molecule has 0 aromatic rings. The Labute approximate surface area is 293 Å². The van der Waals surface area contributed by atoms with E-state index >= 15 is 0 Å². The highest BCUT2D eigenvalue weighted by Gasteiger charge is 2.70. The number of fused-ring (bicyclic) bond motifs is 1. The first-order valence-corrected chi connectivity index (χ1v) is 19.5. The van der Waals surface area contributed by atoms with Crippen LogP contribution >= 0.6 is 0 Å². The molecule has 278 valence electrons. The third-order valence-electron chi connectivity index (χ3n) is 10.8. The van der Waals surface area contributed by atoms with Gasteiger partial charge in [-0.3, -0.25) is 19.2 Å². The number of likely N-dealkylation sites (tertiary alicyclic amines) is 1. The Morgan fingerprint density at radius 2 is 1.59 bits per heavy atom. The van der Waals surface area contributed by atoms with Crippen molar-refractivity contribution in [2.75, 3.05) is 18.8 Å². The molecule has 1 saturated heterocycles. The third kappa shape index (κ3) is 9.24.